The third kappa shape index (κ3) is 2.83. The van der Waals surface area contributed by atoms with Crippen LogP contribution < -0.4 is 10.5 Å². The largest absolute Gasteiger partial charge is 0.497 e. The first-order valence-corrected chi connectivity index (χ1v) is 7.95. The molecule has 3 rings (SSSR count). The Morgan fingerprint density at radius 2 is 1.74 bits per heavy atom. The number of nitrogens with two attached hydrogens (primary N) is 1. The number of benzene rings is 2. The van der Waals surface area contributed by atoms with Crippen molar-refractivity contribution >= 4 is 0 Å². The molecule has 2 aromatic rings. The lowest BCUT2D eigenvalue weighted by molar-refractivity contribution is 0.414. The zero-order chi connectivity index (χ0) is 16.6. The number of halogens is 2. The van der Waals surface area contributed by atoms with Crippen molar-refractivity contribution in [3.8, 4) is 5.75 Å². The van der Waals surface area contributed by atoms with E-state index in [4.69, 9.17) is 10.5 Å². The van der Waals surface area contributed by atoms with Crippen LogP contribution in [-0.2, 0) is 12.8 Å². The summed E-state index contributed by atoms with van der Waals surface area (Å²) in [5.74, 6) is -0.950. The Labute approximate surface area is 135 Å². The number of ether oxygens (including phenoxy) is 1. The average Bonchev–Trinajstić information content (AvgIpc) is 2.71. The lowest BCUT2D eigenvalue weighted by Gasteiger charge is -2.26. The number of aryl methyl sites for hydroxylation is 2. The molecule has 0 saturated carbocycles. The van der Waals surface area contributed by atoms with Crippen LogP contribution in [0.1, 0.15) is 41.5 Å². The van der Waals surface area contributed by atoms with Crippen LogP contribution in [0.25, 0.3) is 0 Å². The Balaban J connectivity index is 2.20. The zero-order valence-electron chi connectivity index (χ0n) is 13.4. The van der Waals surface area contributed by atoms with Crippen LogP contribution in [0.15, 0.2) is 30.3 Å². The molecule has 2 atom stereocenters. The molecule has 0 aliphatic heterocycles. The van der Waals surface area contributed by atoms with Gasteiger partial charge in [0.1, 0.15) is 5.75 Å². The van der Waals surface area contributed by atoms with Crippen molar-refractivity contribution in [2.75, 3.05) is 7.11 Å². The minimum atomic E-state index is -0.811. The monoisotopic (exact) mass is 317 g/mol. The van der Waals surface area contributed by atoms with Crippen molar-refractivity contribution < 1.29 is 13.5 Å². The van der Waals surface area contributed by atoms with Gasteiger partial charge in [-0.15, -0.1) is 0 Å². The summed E-state index contributed by atoms with van der Waals surface area (Å²) in [6.07, 6.45) is 2.19. The summed E-state index contributed by atoms with van der Waals surface area (Å²) in [5.41, 5.74) is 10.2. The molecule has 0 radical (unpaired) electrons. The van der Waals surface area contributed by atoms with Crippen LogP contribution in [0, 0.1) is 11.6 Å². The van der Waals surface area contributed by atoms with E-state index in [0.29, 0.717) is 6.42 Å². The molecule has 0 saturated heterocycles. The van der Waals surface area contributed by atoms with Crippen LogP contribution in [0.4, 0.5) is 8.78 Å². The van der Waals surface area contributed by atoms with E-state index in [1.54, 1.807) is 7.11 Å². The van der Waals surface area contributed by atoms with Gasteiger partial charge in [-0.1, -0.05) is 13.0 Å². The Bertz CT molecular complexity index is 730. The molecule has 0 heterocycles. The maximum absolute atomic E-state index is 13.8. The Hall–Kier alpha value is -1.94. The van der Waals surface area contributed by atoms with Crippen molar-refractivity contribution in [1.29, 1.82) is 0 Å². The van der Waals surface area contributed by atoms with Crippen molar-refractivity contribution in [1.82, 2.24) is 0 Å². The van der Waals surface area contributed by atoms with Gasteiger partial charge in [0.2, 0.25) is 0 Å². The third-order valence-corrected chi connectivity index (χ3v) is 4.77. The number of hydrogen-bond donors (Lipinski definition) is 1. The minimum absolute atomic E-state index is 0.131. The summed E-state index contributed by atoms with van der Waals surface area (Å²) < 4.78 is 32.8. The molecule has 1 aliphatic rings. The van der Waals surface area contributed by atoms with Crippen LogP contribution in [-0.4, -0.2) is 13.2 Å². The molecule has 4 heteroatoms. The summed E-state index contributed by atoms with van der Waals surface area (Å²) in [7, 11) is 1.63. The average molecular weight is 317 g/mol. The highest BCUT2D eigenvalue weighted by Crippen LogP contribution is 2.38. The molecule has 0 spiro atoms. The fraction of sp³-hybridized carbons (Fsp3) is 0.368. The van der Waals surface area contributed by atoms with Gasteiger partial charge < -0.3 is 10.5 Å². The van der Waals surface area contributed by atoms with Gasteiger partial charge in [-0.25, -0.2) is 8.78 Å². The molecule has 0 aromatic heterocycles. The van der Waals surface area contributed by atoms with E-state index >= 15 is 0 Å². The van der Waals surface area contributed by atoms with E-state index in [1.165, 1.54) is 12.1 Å². The van der Waals surface area contributed by atoms with Gasteiger partial charge in [0.25, 0.3) is 0 Å². The van der Waals surface area contributed by atoms with Crippen LogP contribution in [0.5, 0.6) is 5.75 Å². The van der Waals surface area contributed by atoms with E-state index in [2.05, 4.69) is 0 Å². The van der Waals surface area contributed by atoms with E-state index in [9.17, 15) is 8.78 Å². The van der Waals surface area contributed by atoms with Crippen LogP contribution >= 0.6 is 0 Å². The second-order valence-electron chi connectivity index (χ2n) is 6.08. The summed E-state index contributed by atoms with van der Waals surface area (Å²) in [4.78, 5) is 0. The number of hydrogen-bond acceptors (Lipinski definition) is 2. The maximum Gasteiger partial charge on any atom is 0.159 e. The molecule has 0 amide bonds. The number of rotatable bonds is 3. The predicted octanol–water partition coefficient (Wildman–Crippen LogP) is 3.94. The quantitative estimate of drug-likeness (QED) is 0.930. The molecular formula is C19H21F2NO. The van der Waals surface area contributed by atoms with Crippen molar-refractivity contribution in [3.05, 3.63) is 64.2 Å². The van der Waals surface area contributed by atoms with Crippen molar-refractivity contribution in [2.45, 2.75) is 38.1 Å². The summed E-state index contributed by atoms with van der Waals surface area (Å²) >= 11 is 0. The molecule has 23 heavy (non-hydrogen) atoms. The Kier molecular flexibility index (Phi) is 4.35. The van der Waals surface area contributed by atoms with Gasteiger partial charge in [-0.3, -0.25) is 0 Å². The van der Waals surface area contributed by atoms with Gasteiger partial charge in [0.15, 0.2) is 11.6 Å². The molecular weight excluding hydrogens is 296 g/mol. The SMILES string of the molecule is CCC(N)C1c2ccc(OC)cc2CCc2cc(F)c(F)cc21. The predicted molar refractivity (Wildman–Crippen MR) is 86.9 cm³/mol. The van der Waals surface area contributed by atoms with Gasteiger partial charge in [-0.05, 0) is 65.8 Å². The normalized spacial score (nSPS) is 17.9. The fourth-order valence-corrected chi connectivity index (χ4v) is 3.47. The highest BCUT2D eigenvalue weighted by molar-refractivity contribution is 5.48. The lowest BCUT2D eigenvalue weighted by Crippen LogP contribution is -2.29. The topological polar surface area (TPSA) is 35.2 Å². The van der Waals surface area contributed by atoms with Gasteiger partial charge in [0.05, 0.1) is 7.11 Å². The van der Waals surface area contributed by atoms with E-state index in [0.717, 1.165) is 40.8 Å². The number of fused-ring (bicyclic) bond motifs is 2. The molecule has 0 bridgehead atoms. The van der Waals surface area contributed by atoms with E-state index in [-0.39, 0.29) is 12.0 Å². The molecule has 2 N–H and O–H groups in total. The standard InChI is InChI=1S/C19H21F2NO/c1-3-18(22)19-14-7-6-13(23-2)8-11(14)4-5-12-9-16(20)17(21)10-15(12)19/h6-10,18-19H,3-5,22H2,1-2H3. The smallest absolute Gasteiger partial charge is 0.159 e. The van der Waals surface area contributed by atoms with Crippen LogP contribution in [0.2, 0.25) is 0 Å². The summed E-state index contributed by atoms with van der Waals surface area (Å²) in [5, 5.41) is 0. The van der Waals surface area contributed by atoms with Gasteiger partial charge >= 0.3 is 0 Å². The molecule has 122 valence electrons. The van der Waals surface area contributed by atoms with Crippen molar-refractivity contribution in [2.24, 2.45) is 5.73 Å². The second-order valence-corrected chi connectivity index (χ2v) is 6.08. The Morgan fingerprint density at radius 3 is 2.39 bits per heavy atom. The molecule has 1 aliphatic carbocycles. The van der Waals surface area contributed by atoms with E-state index < -0.39 is 11.6 Å². The molecule has 2 aromatic carbocycles. The first kappa shape index (κ1) is 15.9. The molecule has 0 fully saturated rings. The first-order chi connectivity index (χ1) is 11.0. The van der Waals surface area contributed by atoms with Gasteiger partial charge in [0, 0.05) is 12.0 Å². The molecule has 2 nitrogen and oxygen atoms in total. The zero-order valence-corrected chi connectivity index (χ0v) is 13.4. The maximum atomic E-state index is 13.8. The fourth-order valence-electron chi connectivity index (χ4n) is 3.47. The second kappa shape index (κ2) is 6.28. The van der Waals surface area contributed by atoms with Crippen molar-refractivity contribution in [3.63, 3.8) is 0 Å². The molecule has 2 unspecified atom stereocenters. The van der Waals surface area contributed by atoms with Crippen LogP contribution in [0.3, 0.4) is 0 Å². The highest BCUT2D eigenvalue weighted by atomic mass is 19.2. The summed E-state index contributed by atoms with van der Waals surface area (Å²) in [6.45, 7) is 2.01. The minimum Gasteiger partial charge on any atom is -0.497 e. The van der Waals surface area contributed by atoms with E-state index in [1.807, 2.05) is 25.1 Å². The number of methoxy groups -OCH3 is 1. The third-order valence-electron chi connectivity index (χ3n) is 4.77. The highest BCUT2D eigenvalue weighted by Gasteiger charge is 2.29. The Morgan fingerprint density at radius 1 is 1.09 bits per heavy atom. The summed E-state index contributed by atoms with van der Waals surface area (Å²) in [6, 6.07) is 8.41. The first-order valence-electron chi connectivity index (χ1n) is 7.95. The lowest BCUT2D eigenvalue weighted by atomic mass is 9.82. The van der Waals surface area contributed by atoms with Gasteiger partial charge in [-0.2, -0.15) is 0 Å².